The van der Waals surface area contributed by atoms with Crippen molar-refractivity contribution in [2.24, 2.45) is 0 Å². The molecule has 0 aliphatic heterocycles. The monoisotopic (exact) mass is 1040 g/mol. The summed E-state index contributed by atoms with van der Waals surface area (Å²) in [5, 5.41) is 8.22. The highest BCUT2D eigenvalue weighted by Crippen LogP contribution is 1.66. The summed E-state index contributed by atoms with van der Waals surface area (Å²) < 4.78 is 0. The van der Waals surface area contributed by atoms with Gasteiger partial charge >= 0.3 is 0 Å². The lowest BCUT2D eigenvalue weighted by atomic mass is 10.4. The van der Waals surface area contributed by atoms with Crippen LogP contribution in [0.1, 0.15) is 0 Å². The summed E-state index contributed by atoms with van der Waals surface area (Å²) in [6, 6.07) is 1.62. The highest BCUT2D eigenvalue weighted by atomic mass is 14.2. The molecule has 0 spiro atoms. The summed E-state index contributed by atoms with van der Waals surface area (Å²) in [6.45, 7) is 0. The number of nitrogens with zero attached hydrogens (tertiary/aromatic N) is 1. The van der Waals surface area contributed by atoms with E-state index >= 15 is 0 Å². The second-order valence-corrected chi connectivity index (χ2v) is 10.5. The molecule has 0 bridgehead atoms. The van der Waals surface area contributed by atoms with E-state index in [0.29, 0.717) is 0 Å². The molecule has 1 nitrogen and oxygen atoms in total. The third kappa shape index (κ3) is 65.0. The van der Waals surface area contributed by atoms with Gasteiger partial charge in [-0.05, 0) is 47.4 Å². The van der Waals surface area contributed by atoms with E-state index < -0.39 is 0 Å². The molecule has 0 aromatic carbocycles. The smallest absolute Gasteiger partial charge is 0.153 e. The van der Waals surface area contributed by atoms with Crippen molar-refractivity contribution in [3.05, 3.63) is 0 Å². The first kappa shape index (κ1) is 67.0. The Kier molecular flexibility index (Phi) is 51.4. The molecule has 0 aliphatic rings. The Morgan fingerprint density at radius 3 is 0.209 bits per heavy atom. The van der Waals surface area contributed by atoms with Crippen molar-refractivity contribution in [3.63, 3.8) is 0 Å². The van der Waals surface area contributed by atoms with Crippen LogP contribution in [0, 0.1) is 509 Å². The Balaban J connectivity index is 4.62. The molecule has 0 N–H and O–H groups in total. The molecule has 86 heavy (non-hydrogen) atoms. The van der Waals surface area contributed by atoms with E-state index in [0.717, 1.165) is 0 Å². The molecule has 0 saturated heterocycles. The Hall–Kier alpha value is -19.0. The van der Waals surface area contributed by atoms with E-state index in [2.05, 4.69) is 491 Å². The molecule has 0 saturated carbocycles. The first-order valence-corrected chi connectivity index (χ1v) is 21.3. The van der Waals surface area contributed by atoms with Crippen LogP contribution < -0.4 is 0 Å². The summed E-state index contributed by atoms with van der Waals surface area (Å²) in [6.07, 6.45) is 4.95. The Labute approximate surface area is 506 Å². The SMILES string of the molecule is C#CC#CC#CC#CC#CC#CC#CC#CC#CC#CC#CC#CC#CC#CC#CC#CC#CC#CC#CC#CC#CC#CC#CC#CC#CC#CC#CC#CC#CC#CC#CC#CC#CC#CC#CC#CC#CC#CC#CC#CC#CC#CC#N. The summed E-state index contributed by atoms with van der Waals surface area (Å²) in [7, 11) is 0. The molecule has 0 heterocycles. The normalized spacial score (nSPS) is 3.93. The van der Waals surface area contributed by atoms with Gasteiger partial charge in [-0.15, -0.1) is 6.42 Å². The van der Waals surface area contributed by atoms with Crippen LogP contribution in [0.3, 0.4) is 0 Å². The van der Waals surface area contributed by atoms with Gasteiger partial charge in [0, 0.05) is 444 Å². The van der Waals surface area contributed by atoms with Gasteiger partial charge < -0.3 is 0 Å². The van der Waals surface area contributed by atoms with Gasteiger partial charge in [0.1, 0.15) is 0 Å². The second kappa shape index (κ2) is 66.0. The average Bonchev–Trinajstić information content (AvgIpc) is 3.52. The number of hydrogen-bond acceptors (Lipinski definition) is 1. The summed E-state index contributed by atoms with van der Waals surface area (Å²) >= 11 is 0. The minimum atomic E-state index is 1.62. The van der Waals surface area contributed by atoms with Crippen LogP contribution in [0.4, 0.5) is 0 Å². The van der Waals surface area contributed by atoms with Crippen LogP contribution >= 0.6 is 0 Å². The van der Waals surface area contributed by atoms with Crippen molar-refractivity contribution >= 4 is 0 Å². The molecule has 346 valence electrons. The maximum Gasteiger partial charge on any atom is 0.153 e. The fourth-order valence-corrected chi connectivity index (χ4v) is 2.56. The second-order valence-electron chi connectivity index (χ2n) is 10.5. The Bertz CT molecular complexity index is 5560. The lowest BCUT2D eigenvalue weighted by Crippen LogP contribution is -1.57. The number of hydrogen-bond donors (Lipinski definition) is 0. The fraction of sp³-hybridized carbons (Fsp3) is 0. The minimum absolute atomic E-state index is 1.62. The molecule has 0 rings (SSSR count). The predicted octanol–water partition coefficient (Wildman–Crippen LogP) is 0.283. The van der Waals surface area contributed by atoms with E-state index in [1.54, 1.807) is 6.07 Å². The quantitative estimate of drug-likeness (QED) is 0.321. The molecular weight excluding hydrogens is 1030 g/mol. The van der Waals surface area contributed by atoms with Crippen LogP contribution in [-0.4, -0.2) is 0 Å². The van der Waals surface area contributed by atoms with E-state index in [1.807, 2.05) is 0 Å². The van der Waals surface area contributed by atoms with E-state index in [1.165, 1.54) is 0 Å². The lowest BCUT2D eigenvalue weighted by molar-refractivity contribution is 1.55. The third-order valence-corrected chi connectivity index (χ3v) is 5.19. The van der Waals surface area contributed by atoms with Gasteiger partial charge in [0.2, 0.25) is 0 Å². The standard InChI is InChI=1S/C85HN/c1-2-3-4-5-6-7-8-9-10-11-12-13-14-15-16-17-18-19-20-21-22-23-24-25-26-27-28-29-30-31-32-33-34-35-36-37-38-39-40-41-42-43-44-45-46-47-48-49-50-51-52-53-54-55-56-57-58-59-60-61-62-63-64-65-66-67-68-69-70-71-72-73-74-75-76-77-78-79-80-81-82-83-84-85-86/h1H. The van der Waals surface area contributed by atoms with E-state index in [9.17, 15) is 0 Å². The lowest BCUT2D eigenvalue weighted by Gasteiger charge is -1.58. The largest absolute Gasteiger partial charge is 0.183 e. The molecule has 1 heteroatoms. The van der Waals surface area contributed by atoms with Crippen molar-refractivity contribution in [1.29, 1.82) is 5.26 Å². The zero-order valence-corrected chi connectivity index (χ0v) is 43.0. The maximum absolute atomic E-state index is 8.22. The van der Waals surface area contributed by atoms with Crippen molar-refractivity contribution in [2.75, 3.05) is 0 Å². The zero-order valence-electron chi connectivity index (χ0n) is 43.0. The first-order valence-electron chi connectivity index (χ1n) is 21.3. The molecule has 0 aromatic rings. The van der Waals surface area contributed by atoms with E-state index in [-0.39, 0.29) is 0 Å². The van der Waals surface area contributed by atoms with Crippen molar-refractivity contribution < 1.29 is 0 Å². The van der Waals surface area contributed by atoms with Crippen LogP contribution in [0.2, 0.25) is 0 Å². The van der Waals surface area contributed by atoms with Crippen molar-refractivity contribution in [3.8, 4) is 504 Å². The van der Waals surface area contributed by atoms with E-state index in [4.69, 9.17) is 11.7 Å². The summed E-state index contributed by atoms with van der Waals surface area (Å²) in [5.41, 5.74) is 0. The fourth-order valence-electron chi connectivity index (χ4n) is 2.56. The molecular formula is C85HN. The predicted molar refractivity (Wildman–Crippen MR) is 333 cm³/mol. The number of terminal acetylenes is 1. The van der Waals surface area contributed by atoms with Gasteiger partial charge in [0.05, 0.1) is 0 Å². The Morgan fingerprint density at radius 2 is 0.151 bits per heavy atom. The zero-order chi connectivity index (χ0) is 61.4. The van der Waals surface area contributed by atoms with Crippen LogP contribution in [-0.2, 0) is 0 Å². The topological polar surface area (TPSA) is 23.8 Å². The summed E-state index contributed by atoms with van der Waals surface area (Å²) in [5.74, 6) is 205. The molecule has 0 aromatic heterocycles. The molecule has 0 fully saturated rings. The first-order chi connectivity index (χ1) is 42.9. The van der Waals surface area contributed by atoms with Gasteiger partial charge in [-0.2, -0.15) is 5.26 Å². The number of rotatable bonds is 0. The van der Waals surface area contributed by atoms with Crippen molar-refractivity contribution in [1.82, 2.24) is 0 Å². The minimum Gasteiger partial charge on any atom is -0.183 e. The molecule has 0 aliphatic carbocycles. The molecule has 0 radical (unpaired) electrons. The van der Waals surface area contributed by atoms with Crippen LogP contribution in [0.5, 0.6) is 0 Å². The third-order valence-electron chi connectivity index (χ3n) is 5.19. The molecule has 0 atom stereocenters. The van der Waals surface area contributed by atoms with Crippen LogP contribution in [0.25, 0.3) is 0 Å². The van der Waals surface area contributed by atoms with Gasteiger partial charge in [-0.3, -0.25) is 0 Å². The average molecular weight is 1040 g/mol. The summed E-state index contributed by atoms with van der Waals surface area (Å²) in [4.78, 5) is 0. The van der Waals surface area contributed by atoms with Crippen LogP contribution in [0.15, 0.2) is 0 Å². The van der Waals surface area contributed by atoms with Gasteiger partial charge in [0.25, 0.3) is 0 Å². The molecule has 0 amide bonds. The Morgan fingerprint density at radius 1 is 0.0930 bits per heavy atom. The molecule has 0 unspecified atom stereocenters. The van der Waals surface area contributed by atoms with Gasteiger partial charge in [-0.1, -0.05) is 0 Å². The highest BCUT2D eigenvalue weighted by Gasteiger charge is 1.66. The van der Waals surface area contributed by atoms with Gasteiger partial charge in [-0.25, -0.2) is 0 Å². The number of nitriles is 1. The maximum atomic E-state index is 8.22. The highest BCUT2D eigenvalue weighted by molar-refractivity contribution is 5.54. The van der Waals surface area contributed by atoms with Crippen molar-refractivity contribution in [2.45, 2.75) is 0 Å². The van der Waals surface area contributed by atoms with Gasteiger partial charge in [0.15, 0.2) is 6.07 Å².